The molecule has 1 aliphatic carbocycles. The summed E-state index contributed by atoms with van der Waals surface area (Å²) in [5, 5.41) is 0. The molecule has 106 valence electrons. The third-order valence-corrected chi connectivity index (χ3v) is 6.29. The predicted octanol–water partition coefficient (Wildman–Crippen LogP) is 1.63. The third kappa shape index (κ3) is 2.87. The molecule has 1 heterocycles. The molecular formula is C14H29N3S. The molecule has 0 radical (unpaired) electrons. The highest BCUT2D eigenvalue weighted by Gasteiger charge is 2.51. The van der Waals surface area contributed by atoms with Crippen molar-refractivity contribution in [3.63, 3.8) is 0 Å². The molecule has 0 aromatic rings. The average Bonchev–Trinajstić information content (AvgIpc) is 3.17. The van der Waals surface area contributed by atoms with E-state index in [0.29, 0.717) is 16.8 Å². The number of hydrogen-bond donors (Lipinski definition) is 1. The van der Waals surface area contributed by atoms with Gasteiger partial charge >= 0.3 is 0 Å². The predicted molar refractivity (Wildman–Crippen MR) is 81.2 cm³/mol. The fourth-order valence-corrected chi connectivity index (χ4v) is 4.50. The van der Waals surface area contributed by atoms with E-state index in [2.05, 4.69) is 30.0 Å². The van der Waals surface area contributed by atoms with Gasteiger partial charge in [-0.1, -0.05) is 6.92 Å². The van der Waals surface area contributed by atoms with Crippen LogP contribution < -0.4 is 5.73 Å². The van der Waals surface area contributed by atoms with E-state index in [1.807, 2.05) is 11.8 Å². The topological polar surface area (TPSA) is 32.5 Å². The molecular weight excluding hydrogens is 242 g/mol. The smallest absolute Gasteiger partial charge is 0.0368 e. The van der Waals surface area contributed by atoms with Crippen LogP contribution in [0.15, 0.2) is 0 Å². The Morgan fingerprint density at radius 3 is 2.61 bits per heavy atom. The SMILES string of the molecule is CCC1CN(C)CCCN1C(CN)C1(SC)CC1. The zero-order chi connectivity index (χ0) is 13.2. The Balaban J connectivity index is 2.12. The van der Waals surface area contributed by atoms with E-state index in [0.717, 1.165) is 6.54 Å². The van der Waals surface area contributed by atoms with Crippen molar-refractivity contribution in [2.45, 2.75) is 49.4 Å². The summed E-state index contributed by atoms with van der Waals surface area (Å²) in [5.74, 6) is 0. The van der Waals surface area contributed by atoms with Gasteiger partial charge in [-0.3, -0.25) is 4.90 Å². The molecule has 0 aromatic carbocycles. The second kappa shape index (κ2) is 6.12. The van der Waals surface area contributed by atoms with Gasteiger partial charge in [0.15, 0.2) is 0 Å². The summed E-state index contributed by atoms with van der Waals surface area (Å²) in [6, 6.07) is 1.28. The molecule has 1 saturated carbocycles. The number of hydrogen-bond acceptors (Lipinski definition) is 4. The first-order valence-electron chi connectivity index (χ1n) is 7.36. The molecule has 1 saturated heterocycles. The van der Waals surface area contributed by atoms with Crippen LogP contribution >= 0.6 is 11.8 Å². The van der Waals surface area contributed by atoms with Crippen LogP contribution in [0.25, 0.3) is 0 Å². The average molecular weight is 271 g/mol. The summed E-state index contributed by atoms with van der Waals surface area (Å²) in [7, 11) is 2.26. The van der Waals surface area contributed by atoms with Crippen molar-refractivity contribution >= 4 is 11.8 Å². The molecule has 4 heteroatoms. The lowest BCUT2D eigenvalue weighted by atomic mass is 10.1. The summed E-state index contributed by atoms with van der Waals surface area (Å²) in [6.45, 7) is 6.81. The van der Waals surface area contributed by atoms with Crippen molar-refractivity contribution in [2.24, 2.45) is 5.73 Å². The standard InChI is InChI=1S/C14H29N3S/c1-4-12-11-16(2)8-5-9-17(12)13(10-15)14(18-3)6-7-14/h12-13H,4-11,15H2,1-3H3. The fraction of sp³-hybridized carbons (Fsp3) is 1.00. The largest absolute Gasteiger partial charge is 0.329 e. The van der Waals surface area contributed by atoms with Gasteiger partial charge in [0.1, 0.15) is 0 Å². The van der Waals surface area contributed by atoms with Crippen molar-refractivity contribution in [1.29, 1.82) is 0 Å². The van der Waals surface area contributed by atoms with Gasteiger partial charge in [-0.15, -0.1) is 0 Å². The minimum Gasteiger partial charge on any atom is -0.329 e. The normalized spacial score (nSPS) is 31.0. The van der Waals surface area contributed by atoms with Crippen LogP contribution in [0.5, 0.6) is 0 Å². The van der Waals surface area contributed by atoms with E-state index in [-0.39, 0.29) is 0 Å². The first-order valence-corrected chi connectivity index (χ1v) is 8.59. The van der Waals surface area contributed by atoms with E-state index in [1.54, 1.807) is 0 Å². The molecule has 1 aliphatic heterocycles. The second-order valence-corrected chi connectivity index (χ2v) is 7.16. The van der Waals surface area contributed by atoms with Crippen LogP contribution in [0.4, 0.5) is 0 Å². The Bertz CT molecular complexity index is 268. The van der Waals surface area contributed by atoms with Gasteiger partial charge in [0.2, 0.25) is 0 Å². The van der Waals surface area contributed by atoms with Gasteiger partial charge in [0.25, 0.3) is 0 Å². The Morgan fingerprint density at radius 1 is 1.39 bits per heavy atom. The number of likely N-dealkylation sites (N-methyl/N-ethyl adjacent to an activating group) is 1. The maximum absolute atomic E-state index is 6.14. The lowest BCUT2D eigenvalue weighted by Crippen LogP contribution is -2.54. The van der Waals surface area contributed by atoms with Crippen LogP contribution in [0, 0.1) is 0 Å². The number of rotatable bonds is 5. The number of thioether (sulfide) groups is 1. The Hall–Kier alpha value is 0.230. The molecule has 0 amide bonds. The summed E-state index contributed by atoms with van der Waals surface area (Å²) < 4.78 is 0.477. The van der Waals surface area contributed by atoms with Crippen molar-refractivity contribution in [3.8, 4) is 0 Å². The van der Waals surface area contributed by atoms with Crippen molar-refractivity contribution in [1.82, 2.24) is 9.80 Å². The highest BCUT2D eigenvalue weighted by molar-refractivity contribution is 8.00. The summed E-state index contributed by atoms with van der Waals surface area (Å²) >= 11 is 2.05. The van der Waals surface area contributed by atoms with Crippen LogP contribution in [-0.2, 0) is 0 Å². The maximum atomic E-state index is 6.14. The van der Waals surface area contributed by atoms with Gasteiger partial charge in [-0.2, -0.15) is 11.8 Å². The first kappa shape index (κ1) is 14.6. The molecule has 2 aliphatic rings. The zero-order valence-corrected chi connectivity index (χ0v) is 13.0. The highest BCUT2D eigenvalue weighted by Crippen LogP contribution is 2.51. The molecule has 0 spiro atoms. The Morgan fingerprint density at radius 2 is 2.11 bits per heavy atom. The summed E-state index contributed by atoms with van der Waals surface area (Å²) in [5.41, 5.74) is 6.14. The Labute approximate surface area is 116 Å². The highest BCUT2D eigenvalue weighted by atomic mass is 32.2. The van der Waals surface area contributed by atoms with Crippen LogP contribution in [0.1, 0.15) is 32.6 Å². The molecule has 2 atom stereocenters. The van der Waals surface area contributed by atoms with E-state index in [4.69, 9.17) is 5.73 Å². The molecule has 0 aromatic heterocycles. The zero-order valence-electron chi connectivity index (χ0n) is 12.2. The van der Waals surface area contributed by atoms with Crippen molar-refractivity contribution in [2.75, 3.05) is 39.5 Å². The van der Waals surface area contributed by atoms with Crippen LogP contribution in [-0.4, -0.2) is 66.1 Å². The van der Waals surface area contributed by atoms with Gasteiger partial charge in [-0.05, 0) is 45.5 Å². The van der Waals surface area contributed by atoms with E-state index in [1.165, 1.54) is 45.3 Å². The van der Waals surface area contributed by atoms with E-state index in [9.17, 15) is 0 Å². The fourth-order valence-electron chi connectivity index (χ4n) is 3.48. The van der Waals surface area contributed by atoms with Gasteiger partial charge in [0.05, 0.1) is 0 Å². The third-order valence-electron chi connectivity index (χ3n) is 4.80. The molecule has 3 nitrogen and oxygen atoms in total. The quantitative estimate of drug-likeness (QED) is 0.824. The van der Waals surface area contributed by atoms with Crippen LogP contribution in [0.3, 0.4) is 0 Å². The second-order valence-electron chi connectivity index (χ2n) is 5.94. The van der Waals surface area contributed by atoms with E-state index < -0.39 is 0 Å². The lowest BCUT2D eigenvalue weighted by Gasteiger charge is -2.40. The molecule has 2 rings (SSSR count). The maximum Gasteiger partial charge on any atom is 0.0368 e. The van der Waals surface area contributed by atoms with Crippen molar-refractivity contribution in [3.05, 3.63) is 0 Å². The minimum atomic E-state index is 0.477. The monoisotopic (exact) mass is 271 g/mol. The molecule has 2 fully saturated rings. The molecule has 0 bridgehead atoms. The summed E-state index contributed by atoms with van der Waals surface area (Å²) in [4.78, 5) is 5.23. The van der Waals surface area contributed by atoms with E-state index >= 15 is 0 Å². The minimum absolute atomic E-state index is 0.477. The lowest BCUT2D eigenvalue weighted by molar-refractivity contribution is 0.124. The van der Waals surface area contributed by atoms with Gasteiger partial charge in [0, 0.05) is 36.5 Å². The van der Waals surface area contributed by atoms with Gasteiger partial charge in [-0.25, -0.2) is 0 Å². The van der Waals surface area contributed by atoms with Crippen LogP contribution in [0.2, 0.25) is 0 Å². The van der Waals surface area contributed by atoms with Crippen molar-refractivity contribution < 1.29 is 0 Å². The van der Waals surface area contributed by atoms with Gasteiger partial charge < -0.3 is 10.6 Å². The molecule has 18 heavy (non-hydrogen) atoms. The molecule has 2 unspecified atom stereocenters. The number of nitrogens with zero attached hydrogens (tertiary/aromatic N) is 2. The summed E-state index contributed by atoms with van der Waals surface area (Å²) in [6.07, 6.45) is 7.51. The number of nitrogens with two attached hydrogens (primary N) is 1. The molecule has 2 N–H and O–H groups in total. The first-order chi connectivity index (χ1) is 8.66. The Kier molecular flexibility index (Phi) is 4.98.